The molecule has 0 fully saturated rings. The third-order valence-electron chi connectivity index (χ3n) is 4.68. The zero-order valence-electron chi connectivity index (χ0n) is 17.5. The van der Waals surface area contributed by atoms with E-state index in [1.165, 1.54) is 30.1 Å². The lowest BCUT2D eigenvalue weighted by molar-refractivity contribution is -0.137. The Morgan fingerprint density at radius 1 is 1.19 bits per heavy atom. The number of hydrogen-bond acceptors (Lipinski definition) is 5. The van der Waals surface area contributed by atoms with Gasteiger partial charge in [-0.25, -0.2) is 9.67 Å². The van der Waals surface area contributed by atoms with Gasteiger partial charge in [0.05, 0.1) is 28.2 Å². The van der Waals surface area contributed by atoms with Crippen LogP contribution in [0.2, 0.25) is 0 Å². The zero-order chi connectivity index (χ0) is 22.9. The van der Waals surface area contributed by atoms with Gasteiger partial charge < -0.3 is 16.0 Å². The van der Waals surface area contributed by atoms with Gasteiger partial charge in [-0.15, -0.1) is 0 Å². The van der Waals surface area contributed by atoms with E-state index in [1.807, 2.05) is 20.8 Å². The summed E-state index contributed by atoms with van der Waals surface area (Å²) in [4.78, 5) is 17.0. The molecule has 2 aromatic heterocycles. The number of amides is 1. The fourth-order valence-electron chi connectivity index (χ4n) is 3.25. The van der Waals surface area contributed by atoms with E-state index in [4.69, 9.17) is 5.73 Å². The van der Waals surface area contributed by atoms with Crippen molar-refractivity contribution in [3.8, 4) is 0 Å². The molecular formula is C21H23F3N6O. The highest BCUT2D eigenvalue weighted by molar-refractivity contribution is 5.99. The largest absolute Gasteiger partial charge is 0.419 e. The van der Waals surface area contributed by atoms with Crippen LogP contribution in [-0.4, -0.2) is 27.7 Å². The van der Waals surface area contributed by atoms with E-state index < -0.39 is 17.6 Å². The van der Waals surface area contributed by atoms with Gasteiger partial charge in [0.25, 0.3) is 5.91 Å². The monoisotopic (exact) mass is 432 g/mol. The lowest BCUT2D eigenvalue weighted by Crippen LogP contribution is -2.21. The van der Waals surface area contributed by atoms with E-state index in [0.717, 1.165) is 11.9 Å². The van der Waals surface area contributed by atoms with Crippen LogP contribution in [-0.2, 0) is 6.18 Å². The molecule has 0 radical (unpaired) electrons. The van der Waals surface area contributed by atoms with E-state index in [0.29, 0.717) is 5.82 Å². The molecule has 0 unspecified atom stereocenters. The number of pyridine rings is 1. The van der Waals surface area contributed by atoms with E-state index >= 15 is 0 Å². The number of nitrogens with two attached hydrogens (primary N) is 1. The number of halogens is 3. The van der Waals surface area contributed by atoms with Crippen LogP contribution in [0.1, 0.15) is 41.5 Å². The first-order valence-corrected chi connectivity index (χ1v) is 9.52. The van der Waals surface area contributed by atoms with Crippen LogP contribution in [0.15, 0.2) is 42.6 Å². The molecule has 0 saturated heterocycles. The Kier molecular flexibility index (Phi) is 5.92. The van der Waals surface area contributed by atoms with Gasteiger partial charge in [-0.1, -0.05) is 12.1 Å². The molecule has 0 aliphatic rings. The Hall–Kier alpha value is -3.56. The SMILES string of the molecule is Cc1cc(Nc2cc(N(C)c3ccccc3C(N)=O)c(C(F)(F)F)cn2)n(C(C)C)n1. The van der Waals surface area contributed by atoms with Crippen molar-refractivity contribution in [2.45, 2.75) is 33.0 Å². The van der Waals surface area contributed by atoms with Gasteiger partial charge in [0.2, 0.25) is 0 Å². The average molecular weight is 432 g/mol. The standard InChI is InChI=1S/C21H23F3N6O/c1-12(2)30-19(9-13(3)28-30)27-18-10-17(15(11-26-18)21(22,23)24)29(4)16-8-6-5-7-14(16)20(25)31/h5-12H,1-4H3,(H2,25,31)(H,26,27). The highest BCUT2D eigenvalue weighted by atomic mass is 19.4. The number of rotatable bonds is 6. The first-order valence-electron chi connectivity index (χ1n) is 9.52. The van der Waals surface area contributed by atoms with Gasteiger partial charge in [-0.3, -0.25) is 4.79 Å². The average Bonchev–Trinajstić information content (AvgIpc) is 3.06. The summed E-state index contributed by atoms with van der Waals surface area (Å²) in [6.07, 6.45) is -3.88. The third-order valence-corrected chi connectivity index (χ3v) is 4.68. The highest BCUT2D eigenvalue weighted by Gasteiger charge is 2.36. The number of anilines is 4. The summed E-state index contributed by atoms with van der Waals surface area (Å²) in [6, 6.07) is 9.32. The minimum absolute atomic E-state index is 0.0373. The van der Waals surface area contributed by atoms with Gasteiger partial charge in [-0.05, 0) is 32.9 Å². The van der Waals surface area contributed by atoms with Crippen LogP contribution in [0, 0.1) is 6.92 Å². The van der Waals surface area contributed by atoms with Crippen molar-refractivity contribution in [1.29, 1.82) is 0 Å². The predicted octanol–water partition coefficient (Wildman–Crippen LogP) is 4.80. The van der Waals surface area contributed by atoms with Crippen molar-refractivity contribution >= 4 is 28.9 Å². The summed E-state index contributed by atoms with van der Waals surface area (Å²) < 4.78 is 42.9. The molecule has 2 heterocycles. The fourth-order valence-corrected chi connectivity index (χ4v) is 3.25. The number of carbonyl (C=O) groups is 1. The Bertz CT molecular complexity index is 1110. The van der Waals surface area contributed by atoms with Crippen LogP contribution in [0.4, 0.5) is 36.2 Å². The number of alkyl halides is 3. The molecule has 31 heavy (non-hydrogen) atoms. The minimum atomic E-state index is -4.65. The number of benzene rings is 1. The van der Waals surface area contributed by atoms with Gasteiger partial charge in [0, 0.05) is 31.4 Å². The molecule has 0 aliphatic heterocycles. The molecule has 1 aromatic carbocycles. The molecule has 0 bridgehead atoms. The number of aromatic nitrogens is 3. The van der Waals surface area contributed by atoms with Gasteiger partial charge in [0.15, 0.2) is 0 Å². The van der Waals surface area contributed by atoms with Crippen LogP contribution in [0.5, 0.6) is 0 Å². The molecule has 0 aliphatic carbocycles. The first-order chi connectivity index (χ1) is 14.5. The quantitative estimate of drug-likeness (QED) is 0.584. The molecular weight excluding hydrogens is 409 g/mol. The molecule has 0 saturated carbocycles. The van der Waals surface area contributed by atoms with E-state index in [2.05, 4.69) is 15.4 Å². The number of primary amides is 1. The Morgan fingerprint density at radius 3 is 2.48 bits per heavy atom. The van der Waals surface area contributed by atoms with Crippen molar-refractivity contribution < 1.29 is 18.0 Å². The number of hydrogen-bond donors (Lipinski definition) is 2. The third kappa shape index (κ3) is 4.62. The number of para-hydroxylation sites is 1. The number of nitrogens with zero attached hydrogens (tertiary/aromatic N) is 4. The summed E-state index contributed by atoms with van der Waals surface area (Å²) in [7, 11) is 1.44. The molecule has 7 nitrogen and oxygen atoms in total. The first kappa shape index (κ1) is 22.1. The second kappa shape index (κ2) is 8.29. The number of aryl methyl sites for hydroxylation is 1. The van der Waals surface area contributed by atoms with E-state index in [9.17, 15) is 18.0 Å². The van der Waals surface area contributed by atoms with Crippen molar-refractivity contribution in [2.24, 2.45) is 5.73 Å². The second-order valence-electron chi connectivity index (χ2n) is 7.36. The summed E-state index contributed by atoms with van der Waals surface area (Å²) in [5.74, 6) is 0.0684. The summed E-state index contributed by atoms with van der Waals surface area (Å²) in [5.41, 5.74) is 5.42. The lowest BCUT2D eigenvalue weighted by atomic mass is 10.1. The summed E-state index contributed by atoms with van der Waals surface area (Å²) in [5, 5.41) is 7.43. The molecule has 3 N–H and O–H groups in total. The maximum absolute atomic E-state index is 13.7. The van der Waals surface area contributed by atoms with Crippen LogP contribution in [0.25, 0.3) is 0 Å². The molecule has 10 heteroatoms. The highest BCUT2D eigenvalue weighted by Crippen LogP contribution is 2.40. The van der Waals surface area contributed by atoms with Crippen molar-refractivity contribution in [1.82, 2.24) is 14.8 Å². The minimum Gasteiger partial charge on any atom is -0.366 e. The Labute approximate surface area is 177 Å². The Morgan fingerprint density at radius 2 is 1.87 bits per heavy atom. The molecule has 3 aromatic rings. The smallest absolute Gasteiger partial charge is 0.366 e. The molecule has 0 atom stereocenters. The molecule has 164 valence electrons. The molecule has 1 amide bonds. The topological polar surface area (TPSA) is 89.1 Å². The number of carbonyl (C=O) groups excluding carboxylic acids is 1. The van der Waals surface area contributed by atoms with Crippen molar-refractivity contribution in [3.63, 3.8) is 0 Å². The van der Waals surface area contributed by atoms with Crippen LogP contribution >= 0.6 is 0 Å². The van der Waals surface area contributed by atoms with Gasteiger partial charge in [-0.2, -0.15) is 18.3 Å². The van der Waals surface area contributed by atoms with E-state index in [1.54, 1.807) is 22.9 Å². The molecule has 3 rings (SSSR count). The summed E-state index contributed by atoms with van der Waals surface area (Å²) >= 11 is 0. The normalized spacial score (nSPS) is 11.6. The van der Waals surface area contributed by atoms with Crippen molar-refractivity contribution in [3.05, 3.63) is 59.4 Å². The van der Waals surface area contributed by atoms with Gasteiger partial charge >= 0.3 is 6.18 Å². The zero-order valence-corrected chi connectivity index (χ0v) is 17.5. The maximum atomic E-state index is 13.7. The van der Waals surface area contributed by atoms with Crippen LogP contribution < -0.4 is 16.0 Å². The van der Waals surface area contributed by atoms with Crippen LogP contribution in [0.3, 0.4) is 0 Å². The maximum Gasteiger partial charge on any atom is 0.419 e. The Balaban J connectivity index is 2.10. The van der Waals surface area contributed by atoms with Gasteiger partial charge in [0.1, 0.15) is 11.6 Å². The number of nitrogens with one attached hydrogen (secondary N) is 1. The summed E-state index contributed by atoms with van der Waals surface area (Å²) in [6.45, 7) is 5.71. The molecule has 0 spiro atoms. The predicted molar refractivity (Wildman–Crippen MR) is 113 cm³/mol. The van der Waals surface area contributed by atoms with E-state index in [-0.39, 0.29) is 28.8 Å². The fraction of sp³-hybridized carbons (Fsp3) is 0.286. The lowest BCUT2D eigenvalue weighted by Gasteiger charge is -2.25. The second-order valence-corrected chi connectivity index (χ2v) is 7.36. The van der Waals surface area contributed by atoms with Crippen molar-refractivity contribution in [2.75, 3.05) is 17.3 Å².